The number of hydrogen-bond donors (Lipinski definition) is 2. The zero-order chi connectivity index (χ0) is 18.1. The fourth-order valence-electron chi connectivity index (χ4n) is 3.62. The molecular formula is C21H21FN2O2. The van der Waals surface area contributed by atoms with Crippen LogP contribution >= 0.6 is 0 Å². The number of H-pyrrole nitrogens is 1. The van der Waals surface area contributed by atoms with Crippen LogP contribution in [0.15, 0.2) is 48.7 Å². The Labute approximate surface area is 151 Å². The van der Waals surface area contributed by atoms with E-state index in [0.29, 0.717) is 13.0 Å². The summed E-state index contributed by atoms with van der Waals surface area (Å²) in [6.07, 6.45) is 4.12. The van der Waals surface area contributed by atoms with Crippen LogP contribution in [0.2, 0.25) is 0 Å². The molecule has 134 valence electrons. The van der Waals surface area contributed by atoms with Crippen molar-refractivity contribution in [2.24, 2.45) is 0 Å². The monoisotopic (exact) mass is 352 g/mol. The van der Waals surface area contributed by atoms with Crippen molar-refractivity contribution in [1.29, 1.82) is 0 Å². The van der Waals surface area contributed by atoms with Crippen LogP contribution in [-0.4, -0.2) is 24.5 Å². The van der Waals surface area contributed by atoms with E-state index in [4.69, 9.17) is 4.74 Å². The SMILES string of the molecule is COc1ccccc1CCNC(=O)C1(c2c[nH]c3ccc(F)cc23)CC1. The lowest BCUT2D eigenvalue weighted by atomic mass is 9.94. The Morgan fingerprint density at radius 2 is 2.08 bits per heavy atom. The van der Waals surface area contributed by atoms with Crippen LogP contribution in [0.5, 0.6) is 5.75 Å². The van der Waals surface area contributed by atoms with E-state index in [1.165, 1.54) is 12.1 Å². The molecule has 1 aromatic heterocycles. The molecular weight excluding hydrogens is 331 g/mol. The van der Waals surface area contributed by atoms with E-state index >= 15 is 0 Å². The molecule has 0 unspecified atom stereocenters. The standard InChI is InChI=1S/C21H21FN2O2/c1-26-19-5-3-2-4-14(19)8-11-23-20(25)21(9-10-21)17-13-24-18-7-6-15(22)12-16(17)18/h2-7,12-13,24H,8-11H2,1H3,(H,23,25). The summed E-state index contributed by atoms with van der Waals surface area (Å²) in [7, 11) is 1.65. The smallest absolute Gasteiger partial charge is 0.230 e. The Morgan fingerprint density at radius 3 is 2.85 bits per heavy atom. The second-order valence-corrected chi connectivity index (χ2v) is 6.79. The maximum absolute atomic E-state index is 13.6. The highest BCUT2D eigenvalue weighted by molar-refractivity contribution is 5.97. The lowest BCUT2D eigenvalue weighted by Crippen LogP contribution is -2.35. The Balaban J connectivity index is 1.48. The van der Waals surface area contributed by atoms with Gasteiger partial charge in [-0.1, -0.05) is 18.2 Å². The van der Waals surface area contributed by atoms with Crippen molar-refractivity contribution in [2.45, 2.75) is 24.7 Å². The Morgan fingerprint density at radius 1 is 1.27 bits per heavy atom. The van der Waals surface area contributed by atoms with Gasteiger partial charge in [0, 0.05) is 23.6 Å². The summed E-state index contributed by atoms with van der Waals surface area (Å²) in [6.45, 7) is 0.539. The van der Waals surface area contributed by atoms with Crippen LogP contribution < -0.4 is 10.1 Å². The molecule has 4 nitrogen and oxygen atoms in total. The number of benzene rings is 2. The first kappa shape index (κ1) is 16.6. The number of fused-ring (bicyclic) bond motifs is 1. The third-order valence-electron chi connectivity index (χ3n) is 5.22. The van der Waals surface area contributed by atoms with Gasteiger partial charge < -0.3 is 15.0 Å². The van der Waals surface area contributed by atoms with Gasteiger partial charge in [-0.25, -0.2) is 4.39 Å². The van der Waals surface area contributed by atoms with E-state index < -0.39 is 5.41 Å². The van der Waals surface area contributed by atoms with Crippen LogP contribution in [0.1, 0.15) is 24.0 Å². The third-order valence-corrected chi connectivity index (χ3v) is 5.22. The number of aromatic amines is 1. The normalized spacial score (nSPS) is 15.0. The number of aromatic nitrogens is 1. The molecule has 0 spiro atoms. The minimum absolute atomic E-state index is 0.0116. The molecule has 0 aliphatic heterocycles. The summed E-state index contributed by atoms with van der Waals surface area (Å²) < 4.78 is 19.0. The first-order valence-corrected chi connectivity index (χ1v) is 8.81. The molecule has 1 aliphatic rings. The van der Waals surface area contributed by atoms with Crippen molar-refractivity contribution < 1.29 is 13.9 Å². The van der Waals surface area contributed by atoms with Crippen LogP contribution in [-0.2, 0) is 16.6 Å². The van der Waals surface area contributed by atoms with Gasteiger partial charge in [0.05, 0.1) is 12.5 Å². The number of methoxy groups -OCH3 is 1. The van der Waals surface area contributed by atoms with Crippen LogP contribution in [0.25, 0.3) is 10.9 Å². The summed E-state index contributed by atoms with van der Waals surface area (Å²) in [5.41, 5.74) is 2.28. The summed E-state index contributed by atoms with van der Waals surface area (Å²) in [4.78, 5) is 16.0. The van der Waals surface area contributed by atoms with Crippen molar-refractivity contribution in [3.8, 4) is 5.75 Å². The Bertz CT molecular complexity index is 960. The molecule has 1 heterocycles. The number of carbonyl (C=O) groups is 1. The minimum Gasteiger partial charge on any atom is -0.496 e. The van der Waals surface area contributed by atoms with Gasteiger partial charge >= 0.3 is 0 Å². The van der Waals surface area contributed by atoms with Gasteiger partial charge in [-0.3, -0.25) is 4.79 Å². The van der Waals surface area contributed by atoms with Gasteiger partial charge in [0.2, 0.25) is 5.91 Å². The zero-order valence-electron chi connectivity index (χ0n) is 14.6. The number of carbonyl (C=O) groups excluding carboxylic acids is 1. The molecule has 0 saturated heterocycles. The van der Waals surface area contributed by atoms with Crippen LogP contribution in [0, 0.1) is 5.82 Å². The molecule has 1 amide bonds. The zero-order valence-corrected chi connectivity index (χ0v) is 14.6. The van der Waals surface area contributed by atoms with Crippen molar-refractivity contribution in [1.82, 2.24) is 10.3 Å². The molecule has 0 bridgehead atoms. The van der Waals surface area contributed by atoms with Crippen molar-refractivity contribution in [3.63, 3.8) is 0 Å². The summed E-state index contributed by atoms with van der Waals surface area (Å²) >= 11 is 0. The highest BCUT2D eigenvalue weighted by Gasteiger charge is 2.52. The summed E-state index contributed by atoms with van der Waals surface area (Å²) in [5.74, 6) is 0.554. The van der Waals surface area contributed by atoms with Crippen molar-refractivity contribution in [2.75, 3.05) is 13.7 Å². The lowest BCUT2D eigenvalue weighted by molar-refractivity contribution is -0.123. The van der Waals surface area contributed by atoms with Crippen LogP contribution in [0.4, 0.5) is 4.39 Å². The van der Waals surface area contributed by atoms with Gasteiger partial charge in [0.15, 0.2) is 0 Å². The third kappa shape index (κ3) is 2.83. The average Bonchev–Trinajstić information content (AvgIpc) is 3.36. The van der Waals surface area contributed by atoms with Crippen molar-refractivity contribution in [3.05, 3.63) is 65.6 Å². The van der Waals surface area contributed by atoms with E-state index in [-0.39, 0.29) is 11.7 Å². The van der Waals surface area contributed by atoms with E-state index in [0.717, 1.165) is 40.6 Å². The molecule has 26 heavy (non-hydrogen) atoms. The Kier molecular flexibility index (Phi) is 4.15. The molecule has 1 saturated carbocycles. The van der Waals surface area contributed by atoms with E-state index in [9.17, 15) is 9.18 Å². The first-order chi connectivity index (χ1) is 12.6. The second kappa shape index (κ2) is 6.48. The number of ether oxygens (including phenoxy) is 1. The van der Waals surface area contributed by atoms with E-state index in [2.05, 4.69) is 10.3 Å². The molecule has 0 atom stereocenters. The van der Waals surface area contributed by atoms with Gasteiger partial charge in [-0.2, -0.15) is 0 Å². The van der Waals surface area contributed by atoms with Gasteiger partial charge in [-0.15, -0.1) is 0 Å². The molecule has 2 N–H and O–H groups in total. The molecule has 2 aromatic carbocycles. The summed E-state index contributed by atoms with van der Waals surface area (Å²) in [5, 5.41) is 3.84. The number of amides is 1. The highest BCUT2D eigenvalue weighted by atomic mass is 19.1. The predicted octanol–water partition coefficient (Wildman–Crippen LogP) is 3.71. The van der Waals surface area contributed by atoms with Gasteiger partial charge in [-0.05, 0) is 54.7 Å². The maximum Gasteiger partial charge on any atom is 0.230 e. The number of hydrogen-bond acceptors (Lipinski definition) is 2. The highest BCUT2D eigenvalue weighted by Crippen LogP contribution is 2.50. The fourth-order valence-corrected chi connectivity index (χ4v) is 3.62. The number of halogens is 1. The topological polar surface area (TPSA) is 54.1 Å². The molecule has 1 aliphatic carbocycles. The molecule has 3 aromatic rings. The van der Waals surface area contributed by atoms with Crippen molar-refractivity contribution >= 4 is 16.8 Å². The quantitative estimate of drug-likeness (QED) is 0.711. The fraction of sp³-hybridized carbons (Fsp3) is 0.286. The Hall–Kier alpha value is -2.82. The average molecular weight is 352 g/mol. The molecule has 4 rings (SSSR count). The number of para-hydroxylation sites is 1. The molecule has 1 fully saturated rings. The van der Waals surface area contributed by atoms with E-state index in [1.54, 1.807) is 13.2 Å². The largest absolute Gasteiger partial charge is 0.496 e. The number of nitrogens with one attached hydrogen (secondary N) is 2. The summed E-state index contributed by atoms with van der Waals surface area (Å²) in [6, 6.07) is 12.4. The lowest BCUT2D eigenvalue weighted by Gasteiger charge is -2.15. The van der Waals surface area contributed by atoms with Gasteiger partial charge in [0.25, 0.3) is 0 Å². The molecule has 0 radical (unpaired) electrons. The first-order valence-electron chi connectivity index (χ1n) is 8.81. The van der Waals surface area contributed by atoms with Gasteiger partial charge in [0.1, 0.15) is 11.6 Å². The van der Waals surface area contributed by atoms with Crippen LogP contribution in [0.3, 0.4) is 0 Å². The minimum atomic E-state index is -0.535. The van der Waals surface area contributed by atoms with E-state index in [1.807, 2.05) is 30.5 Å². The second-order valence-electron chi connectivity index (χ2n) is 6.79. The molecule has 5 heteroatoms. The maximum atomic E-state index is 13.6. The predicted molar refractivity (Wildman–Crippen MR) is 98.9 cm³/mol. The number of rotatable bonds is 6.